The molecule has 0 heterocycles. The van der Waals surface area contributed by atoms with Gasteiger partial charge in [-0.05, 0) is 32.9 Å². The number of anilines is 1. The van der Waals surface area contributed by atoms with E-state index in [0.717, 1.165) is 5.69 Å². The molecule has 0 bridgehead atoms. The average molecular weight is 277 g/mol. The number of hydrogen-bond donors (Lipinski definition) is 2. The van der Waals surface area contributed by atoms with Gasteiger partial charge in [0.1, 0.15) is 6.04 Å². The molecule has 0 saturated heterocycles. The molecule has 110 valence electrons. The summed E-state index contributed by atoms with van der Waals surface area (Å²) in [6.07, 6.45) is 0. The van der Waals surface area contributed by atoms with Crippen molar-refractivity contribution in [2.45, 2.75) is 26.8 Å². The molecule has 0 aliphatic carbocycles. The summed E-state index contributed by atoms with van der Waals surface area (Å²) >= 11 is 0. The van der Waals surface area contributed by atoms with Crippen LogP contribution < -0.4 is 10.6 Å². The number of benzene rings is 1. The predicted octanol–water partition coefficient (Wildman–Crippen LogP) is 1.71. The number of nitrogens with zero attached hydrogens (tertiary/aromatic N) is 1. The number of rotatable bonds is 6. The molecule has 1 aromatic rings. The zero-order valence-corrected chi connectivity index (χ0v) is 12.6. The molecule has 1 rings (SSSR count). The molecular formula is C15H23N3O2. The van der Waals surface area contributed by atoms with E-state index in [2.05, 4.69) is 10.6 Å². The minimum absolute atomic E-state index is 0.0645. The van der Waals surface area contributed by atoms with E-state index in [4.69, 9.17) is 0 Å². The lowest BCUT2D eigenvalue weighted by atomic mass is 10.1. The van der Waals surface area contributed by atoms with Gasteiger partial charge in [0.15, 0.2) is 0 Å². The lowest BCUT2D eigenvalue weighted by Crippen LogP contribution is -2.46. The first-order valence-electron chi connectivity index (χ1n) is 6.91. The molecule has 0 radical (unpaired) electrons. The highest BCUT2D eigenvalue weighted by Gasteiger charge is 2.21. The minimum atomic E-state index is -0.535. The first-order chi connectivity index (χ1) is 9.54. The number of carbonyl (C=O) groups is 2. The van der Waals surface area contributed by atoms with Gasteiger partial charge in [0.05, 0.1) is 5.56 Å². The summed E-state index contributed by atoms with van der Waals surface area (Å²) in [4.78, 5) is 26.0. The highest BCUT2D eigenvalue weighted by atomic mass is 16.2. The molecule has 0 fully saturated rings. The highest BCUT2D eigenvalue weighted by molar-refractivity contribution is 6.01. The van der Waals surface area contributed by atoms with Crippen LogP contribution in [0.2, 0.25) is 0 Å². The van der Waals surface area contributed by atoms with Gasteiger partial charge >= 0.3 is 0 Å². The molecule has 2 amide bonds. The topological polar surface area (TPSA) is 61.4 Å². The third-order valence-corrected chi connectivity index (χ3v) is 3.23. The van der Waals surface area contributed by atoms with Crippen molar-refractivity contribution in [3.8, 4) is 0 Å². The Bertz CT molecular complexity index is 470. The van der Waals surface area contributed by atoms with Crippen molar-refractivity contribution in [3.05, 3.63) is 29.8 Å². The molecule has 0 aliphatic rings. The van der Waals surface area contributed by atoms with Crippen molar-refractivity contribution in [2.24, 2.45) is 0 Å². The summed E-state index contributed by atoms with van der Waals surface area (Å²) < 4.78 is 0. The van der Waals surface area contributed by atoms with Gasteiger partial charge < -0.3 is 15.5 Å². The van der Waals surface area contributed by atoms with Gasteiger partial charge in [-0.25, -0.2) is 0 Å². The Morgan fingerprint density at radius 3 is 2.35 bits per heavy atom. The third kappa shape index (κ3) is 3.73. The van der Waals surface area contributed by atoms with Crippen LogP contribution in [0.5, 0.6) is 0 Å². The third-order valence-electron chi connectivity index (χ3n) is 3.23. The van der Waals surface area contributed by atoms with E-state index in [1.165, 1.54) is 0 Å². The second-order valence-electron chi connectivity index (χ2n) is 4.50. The molecule has 1 atom stereocenters. The maximum atomic E-state index is 12.2. The van der Waals surface area contributed by atoms with Gasteiger partial charge in [-0.1, -0.05) is 12.1 Å². The molecule has 1 unspecified atom stereocenters. The first kappa shape index (κ1) is 16.0. The van der Waals surface area contributed by atoms with Crippen molar-refractivity contribution < 1.29 is 9.59 Å². The van der Waals surface area contributed by atoms with Crippen LogP contribution in [0.4, 0.5) is 5.69 Å². The van der Waals surface area contributed by atoms with Crippen LogP contribution in [0, 0.1) is 0 Å². The molecule has 0 aliphatic heterocycles. The molecule has 0 spiro atoms. The van der Waals surface area contributed by atoms with Crippen LogP contribution in [0.25, 0.3) is 0 Å². The molecule has 0 aromatic heterocycles. The quantitative estimate of drug-likeness (QED) is 0.832. The van der Waals surface area contributed by atoms with Crippen LogP contribution in [0.3, 0.4) is 0 Å². The van der Waals surface area contributed by atoms with Crippen LogP contribution in [0.15, 0.2) is 24.3 Å². The lowest BCUT2D eigenvalue weighted by molar-refractivity contribution is -0.132. The first-order valence-corrected chi connectivity index (χ1v) is 6.91. The van der Waals surface area contributed by atoms with Crippen molar-refractivity contribution in [2.75, 3.05) is 25.5 Å². The normalized spacial score (nSPS) is 11.6. The predicted molar refractivity (Wildman–Crippen MR) is 80.8 cm³/mol. The average Bonchev–Trinajstić information content (AvgIpc) is 2.48. The van der Waals surface area contributed by atoms with Crippen LogP contribution in [0.1, 0.15) is 31.1 Å². The summed E-state index contributed by atoms with van der Waals surface area (Å²) in [6.45, 7) is 6.84. The van der Waals surface area contributed by atoms with E-state index in [1.54, 1.807) is 31.0 Å². The fraction of sp³-hybridized carbons (Fsp3) is 0.467. The van der Waals surface area contributed by atoms with E-state index in [-0.39, 0.29) is 11.8 Å². The molecule has 20 heavy (non-hydrogen) atoms. The Morgan fingerprint density at radius 2 is 1.80 bits per heavy atom. The smallest absolute Gasteiger partial charge is 0.254 e. The Hall–Kier alpha value is -2.04. The van der Waals surface area contributed by atoms with E-state index < -0.39 is 6.04 Å². The van der Waals surface area contributed by atoms with Gasteiger partial charge in [0.25, 0.3) is 5.91 Å². The molecular weight excluding hydrogens is 254 g/mol. The second kappa shape index (κ2) is 7.53. The number of para-hydroxylation sites is 1. The van der Waals surface area contributed by atoms with Crippen molar-refractivity contribution in [1.29, 1.82) is 0 Å². The van der Waals surface area contributed by atoms with Crippen LogP contribution >= 0.6 is 0 Å². The number of amides is 2. The summed E-state index contributed by atoms with van der Waals surface area (Å²) in [5.74, 6) is -0.312. The standard InChI is InChI=1S/C15H23N3O2/c1-5-18(6-2)15(20)11(3)17-14(19)12-9-7-8-10-13(12)16-4/h7-11,16H,5-6H2,1-4H3,(H,17,19). The molecule has 0 saturated carbocycles. The van der Waals surface area contributed by atoms with Crippen molar-refractivity contribution >= 4 is 17.5 Å². The molecule has 5 heteroatoms. The van der Waals surface area contributed by atoms with Gasteiger partial charge in [-0.15, -0.1) is 0 Å². The van der Waals surface area contributed by atoms with E-state index >= 15 is 0 Å². The summed E-state index contributed by atoms with van der Waals surface area (Å²) in [6, 6.07) is 6.67. The van der Waals surface area contributed by atoms with Crippen molar-refractivity contribution in [3.63, 3.8) is 0 Å². The fourth-order valence-corrected chi connectivity index (χ4v) is 2.04. The Morgan fingerprint density at radius 1 is 1.20 bits per heavy atom. The number of likely N-dealkylation sites (N-methyl/N-ethyl adjacent to an activating group) is 1. The zero-order valence-electron chi connectivity index (χ0n) is 12.6. The highest BCUT2D eigenvalue weighted by Crippen LogP contribution is 2.14. The Balaban J connectivity index is 2.77. The summed E-state index contributed by atoms with van der Waals surface area (Å²) in [5, 5.41) is 5.72. The molecule has 5 nitrogen and oxygen atoms in total. The maximum Gasteiger partial charge on any atom is 0.254 e. The van der Waals surface area contributed by atoms with Crippen LogP contribution in [-0.4, -0.2) is 42.9 Å². The van der Waals surface area contributed by atoms with Crippen LogP contribution in [-0.2, 0) is 4.79 Å². The monoisotopic (exact) mass is 277 g/mol. The summed E-state index contributed by atoms with van der Waals surface area (Å²) in [7, 11) is 1.76. The Kier molecular flexibility index (Phi) is 6.03. The molecule has 1 aromatic carbocycles. The Labute approximate surface area is 120 Å². The van der Waals surface area contributed by atoms with Gasteiger partial charge in [-0.2, -0.15) is 0 Å². The number of nitrogens with one attached hydrogen (secondary N) is 2. The van der Waals surface area contributed by atoms with E-state index in [9.17, 15) is 9.59 Å². The fourth-order valence-electron chi connectivity index (χ4n) is 2.04. The van der Waals surface area contributed by atoms with E-state index in [0.29, 0.717) is 18.7 Å². The number of carbonyl (C=O) groups excluding carboxylic acids is 2. The zero-order chi connectivity index (χ0) is 15.1. The van der Waals surface area contributed by atoms with Gasteiger partial charge in [-0.3, -0.25) is 9.59 Å². The lowest BCUT2D eigenvalue weighted by Gasteiger charge is -2.23. The molecule has 2 N–H and O–H groups in total. The van der Waals surface area contributed by atoms with E-state index in [1.807, 2.05) is 26.0 Å². The minimum Gasteiger partial charge on any atom is -0.387 e. The SMILES string of the molecule is CCN(CC)C(=O)C(C)NC(=O)c1ccccc1NC. The summed E-state index contributed by atoms with van der Waals surface area (Å²) in [5.41, 5.74) is 1.28. The largest absolute Gasteiger partial charge is 0.387 e. The van der Waals surface area contributed by atoms with Gasteiger partial charge in [0.2, 0.25) is 5.91 Å². The van der Waals surface area contributed by atoms with Gasteiger partial charge in [0, 0.05) is 25.8 Å². The number of hydrogen-bond acceptors (Lipinski definition) is 3. The maximum absolute atomic E-state index is 12.2. The van der Waals surface area contributed by atoms with Crippen molar-refractivity contribution in [1.82, 2.24) is 10.2 Å². The second-order valence-corrected chi connectivity index (χ2v) is 4.50.